The molecule has 4 rings (SSSR count). The Labute approximate surface area is 175 Å². The van der Waals surface area contributed by atoms with Crippen molar-refractivity contribution < 1.29 is 4.79 Å². The molecule has 1 amide bonds. The Balaban J connectivity index is 1.43. The highest BCUT2D eigenvalue weighted by Crippen LogP contribution is 2.23. The van der Waals surface area contributed by atoms with Crippen molar-refractivity contribution in [1.82, 2.24) is 24.8 Å². The van der Waals surface area contributed by atoms with Gasteiger partial charge in [0.15, 0.2) is 5.65 Å². The maximum atomic E-state index is 12.7. The third-order valence-electron chi connectivity index (χ3n) is 5.61. The lowest BCUT2D eigenvalue weighted by Crippen LogP contribution is -2.39. The molecule has 0 aliphatic carbocycles. The monoisotopic (exact) mass is 411 g/mol. The average Bonchev–Trinajstić information content (AvgIpc) is 3.16. The molecule has 7 heteroatoms. The lowest BCUT2D eigenvalue weighted by atomic mass is 10.0. The van der Waals surface area contributed by atoms with Crippen LogP contribution in [0.2, 0.25) is 5.02 Å². The fourth-order valence-electron chi connectivity index (χ4n) is 3.99. The predicted octanol–water partition coefficient (Wildman–Crippen LogP) is 4.04. The number of hydrogen-bond donors (Lipinski definition) is 1. The molecule has 3 heterocycles. The number of nitrogens with zero attached hydrogens (tertiary/aromatic N) is 4. The molecule has 1 atom stereocenters. The summed E-state index contributed by atoms with van der Waals surface area (Å²) in [5.41, 5.74) is 2.80. The molecule has 1 aromatic carbocycles. The zero-order valence-electron chi connectivity index (χ0n) is 16.6. The predicted molar refractivity (Wildman–Crippen MR) is 115 cm³/mol. The van der Waals surface area contributed by atoms with Gasteiger partial charge in [-0.25, -0.2) is 9.50 Å². The number of nitrogens with one attached hydrogen (secondary N) is 1. The van der Waals surface area contributed by atoms with Crippen molar-refractivity contribution in [3.63, 3.8) is 0 Å². The Morgan fingerprint density at radius 2 is 2.21 bits per heavy atom. The quantitative estimate of drug-likeness (QED) is 0.622. The van der Waals surface area contributed by atoms with E-state index in [-0.39, 0.29) is 5.91 Å². The number of carbonyl (C=O) groups excluding carboxylic acids is 1. The van der Waals surface area contributed by atoms with Gasteiger partial charge in [0, 0.05) is 35.9 Å². The first-order valence-corrected chi connectivity index (χ1v) is 10.6. The van der Waals surface area contributed by atoms with Gasteiger partial charge in [-0.1, -0.05) is 30.2 Å². The van der Waals surface area contributed by atoms with Crippen molar-refractivity contribution in [3.05, 3.63) is 53.3 Å². The van der Waals surface area contributed by atoms with Crippen LogP contribution in [0, 0.1) is 0 Å². The minimum atomic E-state index is -0.137. The second-order valence-corrected chi connectivity index (χ2v) is 8.06. The van der Waals surface area contributed by atoms with Crippen molar-refractivity contribution in [2.75, 3.05) is 19.6 Å². The molecule has 152 valence electrons. The number of amides is 1. The molecule has 2 aromatic heterocycles. The molecule has 1 aliphatic rings. The largest absolute Gasteiger partial charge is 0.352 e. The highest BCUT2D eigenvalue weighted by Gasteiger charge is 2.18. The van der Waals surface area contributed by atoms with Crippen molar-refractivity contribution in [3.8, 4) is 11.3 Å². The second kappa shape index (κ2) is 8.93. The van der Waals surface area contributed by atoms with Gasteiger partial charge in [-0.2, -0.15) is 5.10 Å². The maximum absolute atomic E-state index is 12.7. The van der Waals surface area contributed by atoms with Crippen LogP contribution in [0.1, 0.15) is 43.0 Å². The number of benzene rings is 1. The standard InChI is InChI=1S/C22H26ClN5O/c1-16-6-2-3-12-27(16)13-5-10-25-22(29)19-15-26-28-20(9-11-24-21(19)28)17-7-4-8-18(23)14-17/h4,7-9,11,14-16H,2-3,5-6,10,12-13H2,1H3,(H,25,29). The molecule has 1 fully saturated rings. The van der Waals surface area contributed by atoms with E-state index >= 15 is 0 Å². The molecule has 1 unspecified atom stereocenters. The number of fused-ring (bicyclic) bond motifs is 1. The topological polar surface area (TPSA) is 62.5 Å². The van der Waals surface area contributed by atoms with Crippen LogP contribution in [-0.2, 0) is 0 Å². The minimum absolute atomic E-state index is 0.137. The van der Waals surface area contributed by atoms with Crippen molar-refractivity contribution in [1.29, 1.82) is 0 Å². The molecule has 6 nitrogen and oxygen atoms in total. The van der Waals surface area contributed by atoms with Crippen molar-refractivity contribution >= 4 is 23.2 Å². The summed E-state index contributed by atoms with van der Waals surface area (Å²) >= 11 is 6.12. The minimum Gasteiger partial charge on any atom is -0.352 e. The molecular weight excluding hydrogens is 386 g/mol. The molecule has 29 heavy (non-hydrogen) atoms. The van der Waals surface area contributed by atoms with Crippen LogP contribution in [0.15, 0.2) is 42.7 Å². The molecule has 1 N–H and O–H groups in total. The van der Waals surface area contributed by atoms with Gasteiger partial charge in [0.25, 0.3) is 5.91 Å². The van der Waals surface area contributed by atoms with Gasteiger partial charge in [0.05, 0.1) is 11.9 Å². The third kappa shape index (κ3) is 4.43. The number of piperidine rings is 1. The Morgan fingerprint density at radius 1 is 1.31 bits per heavy atom. The lowest BCUT2D eigenvalue weighted by molar-refractivity contribution is 0.0950. The summed E-state index contributed by atoms with van der Waals surface area (Å²) in [5.74, 6) is -0.137. The van der Waals surface area contributed by atoms with E-state index in [9.17, 15) is 4.79 Å². The van der Waals surface area contributed by atoms with E-state index in [2.05, 4.69) is 27.2 Å². The number of halogens is 1. The number of rotatable bonds is 6. The van der Waals surface area contributed by atoms with E-state index < -0.39 is 0 Å². The summed E-state index contributed by atoms with van der Waals surface area (Å²) in [7, 11) is 0. The zero-order chi connectivity index (χ0) is 20.2. The highest BCUT2D eigenvalue weighted by molar-refractivity contribution is 6.30. The van der Waals surface area contributed by atoms with Crippen LogP contribution in [-0.4, -0.2) is 51.1 Å². The van der Waals surface area contributed by atoms with Crippen LogP contribution in [0.4, 0.5) is 0 Å². The smallest absolute Gasteiger partial charge is 0.256 e. The van der Waals surface area contributed by atoms with E-state index in [1.54, 1.807) is 16.9 Å². The van der Waals surface area contributed by atoms with Crippen LogP contribution >= 0.6 is 11.6 Å². The van der Waals surface area contributed by atoms with Gasteiger partial charge >= 0.3 is 0 Å². The van der Waals surface area contributed by atoms with Crippen LogP contribution in [0.3, 0.4) is 0 Å². The normalized spacial score (nSPS) is 17.5. The second-order valence-electron chi connectivity index (χ2n) is 7.62. The van der Waals surface area contributed by atoms with E-state index in [0.717, 1.165) is 24.2 Å². The Kier molecular flexibility index (Phi) is 6.11. The summed E-state index contributed by atoms with van der Waals surface area (Å²) in [6.45, 7) is 5.13. The third-order valence-corrected chi connectivity index (χ3v) is 5.85. The SMILES string of the molecule is CC1CCCCN1CCCNC(=O)c1cnn2c(-c3cccc(Cl)c3)ccnc12. The summed E-state index contributed by atoms with van der Waals surface area (Å²) in [5, 5.41) is 8.07. The van der Waals surface area contributed by atoms with E-state index in [0.29, 0.717) is 28.8 Å². The summed E-state index contributed by atoms with van der Waals surface area (Å²) in [4.78, 5) is 19.6. The molecule has 1 saturated heterocycles. The van der Waals surface area contributed by atoms with Crippen LogP contribution < -0.4 is 5.32 Å². The fraction of sp³-hybridized carbons (Fsp3) is 0.409. The van der Waals surface area contributed by atoms with Crippen molar-refractivity contribution in [2.45, 2.75) is 38.6 Å². The molecule has 0 saturated carbocycles. The maximum Gasteiger partial charge on any atom is 0.256 e. The van der Waals surface area contributed by atoms with E-state index in [1.807, 2.05) is 30.3 Å². The highest BCUT2D eigenvalue weighted by atomic mass is 35.5. The van der Waals surface area contributed by atoms with Gasteiger partial charge in [-0.15, -0.1) is 0 Å². The summed E-state index contributed by atoms with van der Waals surface area (Å²) in [6, 6.07) is 10.1. The van der Waals surface area contributed by atoms with Crippen LogP contribution in [0.25, 0.3) is 16.9 Å². The average molecular weight is 412 g/mol. The van der Waals surface area contributed by atoms with Gasteiger partial charge in [0.2, 0.25) is 0 Å². The molecule has 3 aromatic rings. The molecule has 0 bridgehead atoms. The molecule has 0 radical (unpaired) electrons. The first-order valence-electron chi connectivity index (χ1n) is 10.2. The van der Waals surface area contributed by atoms with Crippen molar-refractivity contribution in [2.24, 2.45) is 0 Å². The van der Waals surface area contributed by atoms with E-state index in [4.69, 9.17) is 11.6 Å². The summed E-state index contributed by atoms with van der Waals surface area (Å²) in [6.07, 6.45) is 8.10. The fourth-order valence-corrected chi connectivity index (χ4v) is 4.18. The number of likely N-dealkylation sites (tertiary alicyclic amines) is 1. The zero-order valence-corrected chi connectivity index (χ0v) is 17.4. The molecule has 0 spiro atoms. The first kappa shape index (κ1) is 19.9. The van der Waals surface area contributed by atoms with E-state index in [1.165, 1.54) is 25.8 Å². The lowest BCUT2D eigenvalue weighted by Gasteiger charge is -2.33. The van der Waals surface area contributed by atoms with Gasteiger partial charge in [0.1, 0.15) is 5.56 Å². The number of aromatic nitrogens is 3. The van der Waals surface area contributed by atoms with Crippen LogP contribution in [0.5, 0.6) is 0 Å². The van der Waals surface area contributed by atoms with Gasteiger partial charge < -0.3 is 10.2 Å². The first-order chi connectivity index (χ1) is 14.1. The molecular formula is C22H26ClN5O. The van der Waals surface area contributed by atoms with Gasteiger partial charge in [-0.05, 0) is 50.9 Å². The summed E-state index contributed by atoms with van der Waals surface area (Å²) < 4.78 is 1.69. The Hall–Kier alpha value is -2.44. The Bertz CT molecular complexity index is 1000. The van der Waals surface area contributed by atoms with Gasteiger partial charge in [-0.3, -0.25) is 4.79 Å². The molecule has 1 aliphatic heterocycles. The number of carbonyl (C=O) groups is 1. The number of hydrogen-bond acceptors (Lipinski definition) is 4. The Morgan fingerprint density at radius 3 is 3.03 bits per heavy atom.